The monoisotopic (exact) mass is 822 g/mol. The third kappa shape index (κ3) is 5.31. The summed E-state index contributed by atoms with van der Waals surface area (Å²) >= 11 is 0. The standard InChI is InChI=1S/C55H46B2F2N4/c1-33-20-18-21-34(2)48(33)56-38-24-10-14-28-42(38)62(43-29-15-11-25-39(43)56)51-37(32-60)50(61-9)52(47-46(51)53(5,6)55(58,59)54(47,7)8)63-44-30-16-12-26-40(44)57(41-27-13-17-31-45(41)63)49-35(3)22-19-23-36(49)4/h10-31H,1-8H3. The zero-order chi connectivity index (χ0) is 44.3. The molecule has 8 heteroatoms. The summed E-state index contributed by atoms with van der Waals surface area (Å²) in [7, 11) is 0. The molecule has 0 saturated carbocycles. The van der Waals surface area contributed by atoms with E-state index in [-0.39, 0.29) is 24.7 Å². The minimum atomic E-state index is -3.32. The lowest BCUT2D eigenvalue weighted by molar-refractivity contribution is -0.105. The molecule has 0 fully saturated rings. The minimum absolute atomic E-state index is 0.0507. The van der Waals surface area contributed by atoms with E-state index < -0.39 is 16.8 Å². The van der Waals surface area contributed by atoms with Gasteiger partial charge in [-0.1, -0.05) is 142 Å². The number of alkyl halides is 2. The van der Waals surface area contributed by atoms with Gasteiger partial charge in [0.2, 0.25) is 19.1 Å². The van der Waals surface area contributed by atoms with Crippen LogP contribution >= 0.6 is 0 Å². The van der Waals surface area contributed by atoms with E-state index in [1.165, 1.54) is 10.9 Å². The predicted molar refractivity (Wildman–Crippen MR) is 259 cm³/mol. The number of nitriles is 1. The topological polar surface area (TPSA) is 34.6 Å². The van der Waals surface area contributed by atoms with Gasteiger partial charge in [-0.2, -0.15) is 5.26 Å². The van der Waals surface area contributed by atoms with Crippen LogP contribution in [0, 0.1) is 45.6 Å². The molecule has 2 aliphatic heterocycles. The molecule has 10 rings (SSSR count). The van der Waals surface area contributed by atoms with Crippen molar-refractivity contribution in [1.29, 1.82) is 5.26 Å². The van der Waals surface area contributed by atoms with Gasteiger partial charge >= 0.3 is 0 Å². The van der Waals surface area contributed by atoms with Crippen LogP contribution in [0.4, 0.5) is 48.6 Å². The van der Waals surface area contributed by atoms with Crippen molar-refractivity contribution in [3.05, 3.63) is 184 Å². The van der Waals surface area contributed by atoms with E-state index in [0.717, 1.165) is 66.9 Å². The highest BCUT2D eigenvalue weighted by molar-refractivity contribution is 6.99. The van der Waals surface area contributed by atoms with Crippen molar-refractivity contribution in [2.75, 3.05) is 9.80 Å². The molecule has 0 atom stereocenters. The van der Waals surface area contributed by atoms with Gasteiger partial charge in [-0.25, -0.2) is 13.6 Å². The molecule has 0 N–H and O–H groups in total. The fourth-order valence-electron chi connectivity index (χ4n) is 11.7. The second-order valence-corrected chi connectivity index (χ2v) is 18.6. The lowest BCUT2D eigenvalue weighted by Crippen LogP contribution is -2.59. The number of halogens is 2. The molecule has 2 heterocycles. The lowest BCUT2D eigenvalue weighted by atomic mass is 9.34. The van der Waals surface area contributed by atoms with Crippen molar-refractivity contribution in [3.8, 4) is 6.07 Å². The molecule has 0 amide bonds. The Balaban J connectivity index is 1.35. The SMILES string of the molecule is [C-]#[N+]c1c(C#N)c(N2c3ccccc3B(c3c(C)cccc3C)c3ccccc32)c2c(c1N1c3ccccc3B(c3c(C)cccc3C)c3ccccc31)C(C)(C)C(F)(F)C2(C)C. The molecule has 7 aromatic rings. The molecule has 63 heavy (non-hydrogen) atoms. The Hall–Kier alpha value is -6.89. The molecule has 0 unspecified atom stereocenters. The Labute approximate surface area is 370 Å². The summed E-state index contributed by atoms with van der Waals surface area (Å²) in [5.74, 6) is -3.32. The van der Waals surface area contributed by atoms with Gasteiger partial charge in [-0.15, -0.1) is 0 Å². The molecule has 0 spiro atoms. The summed E-state index contributed by atoms with van der Waals surface area (Å²) in [5.41, 5.74) is 12.1. The third-order valence-electron chi connectivity index (χ3n) is 14.5. The quantitative estimate of drug-likeness (QED) is 0.131. The maximum atomic E-state index is 18.0. The average molecular weight is 823 g/mol. The number of fused-ring (bicyclic) bond motifs is 5. The summed E-state index contributed by atoms with van der Waals surface area (Å²) in [5, 5.41) is 11.7. The van der Waals surface area contributed by atoms with Crippen molar-refractivity contribution in [1.82, 2.24) is 0 Å². The first-order valence-electron chi connectivity index (χ1n) is 21.7. The van der Waals surface area contributed by atoms with E-state index in [0.29, 0.717) is 22.5 Å². The normalized spacial score (nSPS) is 16.0. The number of anilines is 6. The molecule has 1 aliphatic carbocycles. The van der Waals surface area contributed by atoms with Crippen molar-refractivity contribution in [3.63, 3.8) is 0 Å². The van der Waals surface area contributed by atoms with Crippen LogP contribution in [-0.4, -0.2) is 19.3 Å². The summed E-state index contributed by atoms with van der Waals surface area (Å²) < 4.78 is 36.0. The number of para-hydroxylation sites is 4. The van der Waals surface area contributed by atoms with Gasteiger partial charge in [-0.3, -0.25) is 0 Å². The van der Waals surface area contributed by atoms with Crippen LogP contribution in [0.2, 0.25) is 0 Å². The largest absolute Gasteiger partial charge is 0.321 e. The first kappa shape index (κ1) is 40.2. The number of aryl methyl sites for hydroxylation is 4. The highest BCUT2D eigenvalue weighted by Gasteiger charge is 2.68. The second kappa shape index (κ2) is 14.1. The van der Waals surface area contributed by atoms with Gasteiger partial charge in [0.1, 0.15) is 0 Å². The van der Waals surface area contributed by atoms with E-state index in [4.69, 9.17) is 6.57 Å². The van der Waals surface area contributed by atoms with Crippen LogP contribution < -0.4 is 42.6 Å². The number of hydrogen-bond donors (Lipinski definition) is 0. The molecular weight excluding hydrogens is 776 g/mol. The molecular formula is C55H46B2F2N4. The fraction of sp³-hybridized carbons (Fsp3) is 0.200. The number of hydrogen-bond acceptors (Lipinski definition) is 3. The second-order valence-electron chi connectivity index (χ2n) is 18.6. The van der Waals surface area contributed by atoms with Crippen LogP contribution in [0.5, 0.6) is 0 Å². The van der Waals surface area contributed by atoms with Crippen LogP contribution in [0.1, 0.15) is 66.6 Å². The summed E-state index contributed by atoms with van der Waals surface area (Å²) in [4.78, 5) is 8.33. The van der Waals surface area contributed by atoms with Crippen molar-refractivity contribution in [2.24, 2.45) is 0 Å². The Morgan fingerprint density at radius 3 is 1.16 bits per heavy atom. The summed E-state index contributed by atoms with van der Waals surface area (Å²) in [6.07, 6.45) is 0. The van der Waals surface area contributed by atoms with Crippen LogP contribution in [0.25, 0.3) is 4.85 Å². The fourth-order valence-corrected chi connectivity index (χ4v) is 11.7. The van der Waals surface area contributed by atoms with E-state index >= 15 is 8.78 Å². The zero-order valence-corrected chi connectivity index (χ0v) is 36.9. The van der Waals surface area contributed by atoms with Gasteiger partial charge in [-0.05, 0) is 113 Å². The van der Waals surface area contributed by atoms with E-state index in [1.807, 2.05) is 82.6 Å². The minimum Gasteiger partial charge on any atom is -0.321 e. The Kier molecular flexibility index (Phi) is 8.97. The maximum absolute atomic E-state index is 18.0. The van der Waals surface area contributed by atoms with Crippen LogP contribution in [0.15, 0.2) is 133 Å². The van der Waals surface area contributed by atoms with E-state index in [9.17, 15) is 5.26 Å². The van der Waals surface area contributed by atoms with E-state index in [1.54, 1.807) is 27.7 Å². The smallest absolute Gasteiger partial charge is 0.266 e. The Morgan fingerprint density at radius 2 is 0.825 bits per heavy atom. The van der Waals surface area contributed by atoms with Crippen molar-refractivity contribution < 1.29 is 8.78 Å². The zero-order valence-electron chi connectivity index (χ0n) is 36.9. The summed E-state index contributed by atoms with van der Waals surface area (Å²) in [6, 6.07) is 47.7. The molecule has 0 bridgehead atoms. The molecule has 0 saturated heterocycles. The Bertz CT molecular complexity index is 2830. The van der Waals surface area contributed by atoms with Gasteiger partial charge in [0.05, 0.1) is 40.4 Å². The van der Waals surface area contributed by atoms with Gasteiger partial charge in [0, 0.05) is 22.7 Å². The first-order valence-corrected chi connectivity index (χ1v) is 21.7. The first-order chi connectivity index (χ1) is 30.2. The molecule has 0 aromatic heterocycles. The van der Waals surface area contributed by atoms with Gasteiger partial charge < -0.3 is 9.80 Å². The summed E-state index contributed by atoms with van der Waals surface area (Å²) in [6.45, 7) is 23.7. The number of rotatable bonds is 4. The van der Waals surface area contributed by atoms with Crippen LogP contribution in [-0.2, 0) is 10.8 Å². The van der Waals surface area contributed by atoms with E-state index in [2.05, 4.69) is 99.3 Å². The highest BCUT2D eigenvalue weighted by atomic mass is 19.3. The number of nitrogens with zero attached hydrogens (tertiary/aromatic N) is 4. The van der Waals surface area contributed by atoms with Gasteiger partial charge in [0.15, 0.2) is 0 Å². The molecule has 0 radical (unpaired) electrons. The maximum Gasteiger partial charge on any atom is 0.266 e. The highest BCUT2D eigenvalue weighted by Crippen LogP contribution is 2.68. The van der Waals surface area contributed by atoms with Gasteiger partial charge in [0.25, 0.3) is 5.92 Å². The third-order valence-corrected chi connectivity index (χ3v) is 14.5. The predicted octanol–water partition coefficient (Wildman–Crippen LogP) is 10.1. The molecule has 306 valence electrons. The van der Waals surface area contributed by atoms with Crippen LogP contribution in [0.3, 0.4) is 0 Å². The van der Waals surface area contributed by atoms with Crippen molar-refractivity contribution in [2.45, 2.75) is 72.1 Å². The average Bonchev–Trinajstić information content (AvgIpc) is 3.38. The molecule has 7 aromatic carbocycles. The molecule has 3 aliphatic rings. The lowest BCUT2D eigenvalue weighted by Gasteiger charge is -2.43. The van der Waals surface area contributed by atoms with Crippen molar-refractivity contribution >= 4 is 86.0 Å². The number of benzene rings is 7. The Morgan fingerprint density at radius 1 is 0.508 bits per heavy atom. The molecule has 4 nitrogen and oxygen atoms in total.